The van der Waals surface area contributed by atoms with Crippen molar-refractivity contribution in [2.45, 2.75) is 19.5 Å². The number of nitrogens with one attached hydrogen (secondary N) is 1. The molecule has 1 aliphatic rings. The first kappa shape index (κ1) is 40.0. The minimum Gasteiger partial charge on any atom is -0.456 e. The maximum Gasteiger partial charge on any atom is 0.145 e. The van der Waals surface area contributed by atoms with E-state index in [9.17, 15) is 0 Å². The third kappa shape index (κ3) is 6.14. The van der Waals surface area contributed by atoms with Crippen molar-refractivity contribution in [3.8, 4) is 5.69 Å². The van der Waals surface area contributed by atoms with Crippen LogP contribution in [0.1, 0.15) is 36.2 Å². The monoisotopic (exact) mass is 907 g/mol. The van der Waals surface area contributed by atoms with Crippen molar-refractivity contribution in [3.63, 3.8) is 0 Å². The Morgan fingerprint density at radius 3 is 1.79 bits per heavy atom. The topological polar surface area (TPSA) is 42.5 Å². The summed E-state index contributed by atoms with van der Waals surface area (Å²) >= 11 is 0. The first-order valence-corrected chi connectivity index (χ1v) is 24.8. The zero-order valence-electron chi connectivity index (χ0n) is 39.0. The van der Waals surface area contributed by atoms with Crippen molar-refractivity contribution < 1.29 is 4.42 Å². The van der Waals surface area contributed by atoms with Crippen molar-refractivity contribution in [3.05, 3.63) is 241 Å². The highest BCUT2D eigenvalue weighted by Crippen LogP contribution is 2.44. The van der Waals surface area contributed by atoms with Gasteiger partial charge in [-0.15, -0.1) is 0 Å². The first-order chi connectivity index (χ1) is 35.1. The van der Waals surface area contributed by atoms with Gasteiger partial charge in [0.05, 0.1) is 16.7 Å². The van der Waals surface area contributed by atoms with E-state index in [0.29, 0.717) is 0 Å². The Hall–Kier alpha value is -8.99. The smallest absolute Gasteiger partial charge is 0.145 e. The van der Waals surface area contributed by atoms with Gasteiger partial charge >= 0.3 is 0 Å². The van der Waals surface area contributed by atoms with E-state index in [1.807, 2.05) is 0 Å². The molecule has 0 saturated heterocycles. The van der Waals surface area contributed by atoms with Crippen LogP contribution in [0.4, 0.5) is 0 Å². The highest BCUT2D eigenvalue weighted by Gasteiger charge is 2.28. The average molecular weight is 908 g/mol. The largest absolute Gasteiger partial charge is 0.456 e. The van der Waals surface area contributed by atoms with Crippen LogP contribution in [0.5, 0.6) is 0 Å². The molecule has 1 N–H and O–H groups in total. The van der Waals surface area contributed by atoms with E-state index < -0.39 is 6.17 Å². The second-order valence-corrected chi connectivity index (χ2v) is 19.4. The van der Waals surface area contributed by atoms with Crippen LogP contribution in [0.15, 0.2) is 234 Å². The van der Waals surface area contributed by atoms with E-state index in [1.165, 1.54) is 81.0 Å². The predicted molar refractivity (Wildman–Crippen MR) is 300 cm³/mol. The molecule has 0 amide bonds. The minimum absolute atomic E-state index is 0.0661. The molecule has 15 rings (SSSR count). The van der Waals surface area contributed by atoms with Crippen LogP contribution in [-0.2, 0) is 0 Å². The molecule has 14 aromatic rings. The molecule has 4 heteroatoms. The zero-order chi connectivity index (χ0) is 46.7. The molecule has 2 atom stereocenters. The summed E-state index contributed by atoms with van der Waals surface area (Å²) in [5.74, 6) is 0.0661. The summed E-state index contributed by atoms with van der Waals surface area (Å²) in [7, 11) is 0. The standard InChI is InChI=1S/C67H45N3O/c1-40-30-32-59(68-67(56-36-45-20-6-8-22-47(45)50-25-11-13-27-52(50)56)69-66(40)55-35-44-19-5-7-21-46(44)49-24-10-12-26-51(49)55)57-38-58-64(71-63-33-31-41-16-4-9-23-48(41)65(58)63)39-62(57)70-60-29-15-14-28-53(60)54-34-42-17-2-3-18-43(42)37-61(54)70/h2-29,31-40,67-68H,30H2,1H3/b59-32+,69-66?. The van der Waals surface area contributed by atoms with Gasteiger partial charge in [0.25, 0.3) is 0 Å². The fraction of sp³-hybridized carbons (Fsp3) is 0.0597. The fourth-order valence-corrected chi connectivity index (χ4v) is 12.1. The van der Waals surface area contributed by atoms with E-state index in [2.05, 4.69) is 241 Å². The van der Waals surface area contributed by atoms with Crippen LogP contribution in [-0.4, -0.2) is 10.3 Å². The number of hydrogen-bond acceptors (Lipinski definition) is 3. The molecule has 0 spiro atoms. The summed E-state index contributed by atoms with van der Waals surface area (Å²) in [6.07, 6.45) is 2.75. The predicted octanol–water partition coefficient (Wildman–Crippen LogP) is 17.8. The Balaban J connectivity index is 1.03. The van der Waals surface area contributed by atoms with Gasteiger partial charge in [-0.2, -0.15) is 0 Å². The Kier molecular flexibility index (Phi) is 8.73. The number of benzene rings is 12. The van der Waals surface area contributed by atoms with Crippen molar-refractivity contribution in [2.24, 2.45) is 10.9 Å². The van der Waals surface area contributed by atoms with Crippen LogP contribution < -0.4 is 5.32 Å². The number of aromatic nitrogens is 1. The average Bonchev–Trinajstić information content (AvgIpc) is 3.96. The van der Waals surface area contributed by atoms with E-state index in [4.69, 9.17) is 9.41 Å². The number of rotatable bonds is 4. The van der Waals surface area contributed by atoms with Gasteiger partial charge in [-0.05, 0) is 114 Å². The summed E-state index contributed by atoms with van der Waals surface area (Å²) < 4.78 is 9.40. The van der Waals surface area contributed by atoms with Gasteiger partial charge in [0.2, 0.25) is 0 Å². The maximum absolute atomic E-state index is 6.93. The first-order valence-electron chi connectivity index (χ1n) is 24.8. The van der Waals surface area contributed by atoms with E-state index >= 15 is 0 Å². The molecular weight excluding hydrogens is 863 g/mol. The van der Waals surface area contributed by atoms with Crippen LogP contribution >= 0.6 is 0 Å². The molecule has 4 nitrogen and oxygen atoms in total. The van der Waals surface area contributed by atoms with Crippen LogP contribution in [0.3, 0.4) is 0 Å². The van der Waals surface area contributed by atoms with Gasteiger partial charge in [0, 0.05) is 61.6 Å². The van der Waals surface area contributed by atoms with Crippen molar-refractivity contribution in [2.75, 3.05) is 0 Å². The molecule has 1 aliphatic heterocycles. The van der Waals surface area contributed by atoms with Gasteiger partial charge in [-0.25, -0.2) is 0 Å². The summed E-state index contributed by atoms with van der Waals surface area (Å²) in [5, 5.41) is 23.4. The second kappa shape index (κ2) is 15.5. The number of para-hydroxylation sites is 1. The molecule has 12 aromatic carbocycles. The molecule has 0 radical (unpaired) electrons. The number of furan rings is 1. The number of nitrogens with zero attached hydrogens (tertiary/aromatic N) is 2. The molecule has 3 heterocycles. The van der Waals surface area contributed by atoms with Gasteiger partial charge in [0.1, 0.15) is 17.3 Å². The second-order valence-electron chi connectivity index (χ2n) is 19.4. The molecule has 0 aliphatic carbocycles. The number of hydrogen-bond donors (Lipinski definition) is 1. The maximum atomic E-state index is 6.93. The molecular formula is C67H45N3O. The van der Waals surface area contributed by atoms with Crippen molar-refractivity contribution in [1.82, 2.24) is 9.88 Å². The molecule has 0 fully saturated rings. The molecule has 334 valence electrons. The summed E-state index contributed by atoms with van der Waals surface area (Å²) in [5.41, 5.74) is 10.6. The zero-order valence-corrected chi connectivity index (χ0v) is 39.0. The number of aliphatic imine (C=N–C) groups is 1. The summed E-state index contributed by atoms with van der Waals surface area (Å²) in [6.45, 7) is 2.36. The molecule has 0 bridgehead atoms. The highest BCUT2D eigenvalue weighted by atomic mass is 16.3. The quantitative estimate of drug-likeness (QED) is 0.179. The normalized spacial score (nSPS) is 16.4. The summed E-state index contributed by atoms with van der Waals surface area (Å²) in [4.78, 5) is 6.06. The van der Waals surface area contributed by atoms with Crippen LogP contribution in [0.2, 0.25) is 0 Å². The third-order valence-corrected chi connectivity index (χ3v) is 15.4. The molecule has 2 aromatic heterocycles. The van der Waals surface area contributed by atoms with E-state index in [0.717, 1.165) is 67.6 Å². The van der Waals surface area contributed by atoms with Gasteiger partial charge in [-0.3, -0.25) is 4.99 Å². The van der Waals surface area contributed by atoms with E-state index in [-0.39, 0.29) is 5.92 Å². The lowest BCUT2D eigenvalue weighted by atomic mass is 9.87. The fourth-order valence-electron chi connectivity index (χ4n) is 12.1. The lowest BCUT2D eigenvalue weighted by molar-refractivity contribution is 0.646. The van der Waals surface area contributed by atoms with Gasteiger partial charge < -0.3 is 14.3 Å². The van der Waals surface area contributed by atoms with Crippen LogP contribution in [0.25, 0.3) is 120 Å². The Morgan fingerprint density at radius 2 is 1.03 bits per heavy atom. The van der Waals surface area contributed by atoms with Crippen molar-refractivity contribution in [1.29, 1.82) is 0 Å². The lowest BCUT2D eigenvalue weighted by Crippen LogP contribution is -2.26. The van der Waals surface area contributed by atoms with Crippen molar-refractivity contribution >= 4 is 120 Å². The third-order valence-electron chi connectivity index (χ3n) is 15.4. The Labute approximate surface area is 409 Å². The molecule has 71 heavy (non-hydrogen) atoms. The van der Waals surface area contributed by atoms with E-state index in [1.54, 1.807) is 0 Å². The SMILES string of the molecule is CC1C/C=C(\c2cc3c(cc2-n2c4ccccc4c4cc5ccccc5cc42)oc2ccc4ccccc4c23)NC(c2cc3ccccc3c3ccccc23)N=C1c1cc2ccccc2c2ccccc12. The summed E-state index contributed by atoms with van der Waals surface area (Å²) in [6, 6.07) is 79.9. The number of fused-ring (bicyclic) bond motifs is 15. The number of allylic oxidation sites excluding steroid dienone is 1. The highest BCUT2D eigenvalue weighted by molar-refractivity contribution is 6.22. The minimum atomic E-state index is -0.466. The van der Waals surface area contributed by atoms with Crippen LogP contribution in [0, 0.1) is 5.92 Å². The molecule has 2 unspecified atom stereocenters. The molecule has 0 saturated carbocycles. The lowest BCUT2D eigenvalue weighted by Gasteiger charge is -2.28. The van der Waals surface area contributed by atoms with Gasteiger partial charge in [-0.1, -0.05) is 183 Å². The van der Waals surface area contributed by atoms with Gasteiger partial charge in [0.15, 0.2) is 0 Å². The Morgan fingerprint density at radius 1 is 0.437 bits per heavy atom. The Bertz CT molecular complexity index is 4620.